The van der Waals surface area contributed by atoms with Gasteiger partial charge in [0.2, 0.25) is 0 Å². The molecule has 2 aromatic rings. The van der Waals surface area contributed by atoms with E-state index in [1.807, 2.05) is 12.1 Å². The van der Waals surface area contributed by atoms with Crippen molar-refractivity contribution < 1.29 is 0 Å². The monoisotopic (exact) mass is 222 g/mol. The number of aromatic nitrogens is 1. The minimum atomic E-state index is 0.769. The fourth-order valence-corrected chi connectivity index (χ4v) is 1.97. The van der Waals surface area contributed by atoms with E-state index in [1.165, 1.54) is 10.9 Å². The largest absolute Gasteiger partial charge is 0.347 e. The topological polar surface area (TPSA) is 30.9 Å². The lowest BCUT2D eigenvalue weighted by Gasteiger charge is -2.04. The maximum atomic E-state index is 5.93. The highest BCUT2D eigenvalue weighted by Gasteiger charge is 2.00. The molecule has 0 amide bonds. The van der Waals surface area contributed by atoms with Crippen LogP contribution in [-0.2, 0) is 6.54 Å². The summed E-state index contributed by atoms with van der Waals surface area (Å²) in [7, 11) is 0. The van der Waals surface area contributed by atoms with Crippen LogP contribution >= 0.6 is 11.6 Å². The first-order valence-electron chi connectivity index (χ1n) is 5.26. The van der Waals surface area contributed by atoms with Gasteiger partial charge in [0.05, 0.1) is 0 Å². The molecule has 80 valence electrons. The number of halogens is 1. The Morgan fingerprint density at radius 1 is 1.20 bits per heavy atom. The Bertz CT molecular complexity index is 448. The highest BCUT2D eigenvalue weighted by Crippen LogP contribution is 2.20. The van der Waals surface area contributed by atoms with Gasteiger partial charge in [-0.25, -0.2) is 0 Å². The lowest BCUT2D eigenvalue weighted by molar-refractivity contribution is 0.630. The number of nitrogens with two attached hydrogens (primary N) is 1. The van der Waals surface area contributed by atoms with Gasteiger partial charge in [-0.2, -0.15) is 0 Å². The van der Waals surface area contributed by atoms with Crippen LogP contribution in [0.1, 0.15) is 12.8 Å². The summed E-state index contributed by atoms with van der Waals surface area (Å²) < 4.78 is 2.25. The van der Waals surface area contributed by atoms with Crippen molar-refractivity contribution in [2.24, 2.45) is 5.73 Å². The van der Waals surface area contributed by atoms with Gasteiger partial charge in [0, 0.05) is 28.7 Å². The van der Waals surface area contributed by atoms with Crippen molar-refractivity contribution in [2.75, 3.05) is 6.54 Å². The first kappa shape index (κ1) is 10.5. The van der Waals surface area contributed by atoms with Crippen molar-refractivity contribution in [2.45, 2.75) is 19.4 Å². The third-order valence-corrected chi connectivity index (χ3v) is 2.82. The molecule has 2 rings (SSSR count). The second-order valence-corrected chi connectivity index (χ2v) is 4.14. The van der Waals surface area contributed by atoms with Crippen LogP contribution in [0.5, 0.6) is 0 Å². The highest BCUT2D eigenvalue weighted by molar-refractivity contribution is 6.31. The van der Waals surface area contributed by atoms with Crippen LogP contribution in [0.2, 0.25) is 5.02 Å². The van der Waals surface area contributed by atoms with Gasteiger partial charge in [-0.05, 0) is 43.7 Å². The summed E-state index contributed by atoms with van der Waals surface area (Å²) >= 11 is 5.93. The molecule has 0 bridgehead atoms. The molecule has 0 unspecified atom stereocenters. The Hall–Kier alpha value is -0.990. The average Bonchev–Trinajstić information content (AvgIpc) is 2.61. The van der Waals surface area contributed by atoms with Crippen LogP contribution in [0.15, 0.2) is 30.5 Å². The van der Waals surface area contributed by atoms with Crippen molar-refractivity contribution in [3.8, 4) is 0 Å². The number of unbranched alkanes of at least 4 members (excludes halogenated alkanes) is 1. The van der Waals surface area contributed by atoms with Crippen molar-refractivity contribution >= 4 is 22.5 Å². The maximum Gasteiger partial charge on any atom is 0.0481 e. The first-order valence-corrected chi connectivity index (χ1v) is 5.63. The molecule has 0 saturated heterocycles. The van der Waals surface area contributed by atoms with Crippen LogP contribution in [0.25, 0.3) is 10.9 Å². The predicted octanol–water partition coefficient (Wildman–Crippen LogP) is 3.03. The summed E-state index contributed by atoms with van der Waals surface area (Å²) in [5.41, 5.74) is 6.72. The molecule has 2 nitrogen and oxygen atoms in total. The third kappa shape index (κ3) is 2.33. The van der Waals surface area contributed by atoms with Gasteiger partial charge in [-0.15, -0.1) is 0 Å². The van der Waals surface area contributed by atoms with E-state index >= 15 is 0 Å². The summed E-state index contributed by atoms with van der Waals surface area (Å²) in [4.78, 5) is 0. The lowest BCUT2D eigenvalue weighted by Crippen LogP contribution is -2.02. The van der Waals surface area contributed by atoms with Crippen molar-refractivity contribution in [3.05, 3.63) is 35.5 Å². The number of nitrogens with zero attached hydrogens (tertiary/aromatic N) is 1. The number of fused-ring (bicyclic) bond motifs is 1. The molecule has 0 aliphatic rings. The smallest absolute Gasteiger partial charge is 0.0481 e. The average molecular weight is 223 g/mol. The number of hydrogen-bond acceptors (Lipinski definition) is 1. The van der Waals surface area contributed by atoms with Crippen LogP contribution in [0.3, 0.4) is 0 Å². The molecule has 15 heavy (non-hydrogen) atoms. The zero-order valence-electron chi connectivity index (χ0n) is 8.62. The molecule has 0 aliphatic heterocycles. The van der Waals surface area contributed by atoms with Crippen LogP contribution in [0.4, 0.5) is 0 Å². The minimum Gasteiger partial charge on any atom is -0.347 e. The fourth-order valence-electron chi connectivity index (χ4n) is 1.79. The minimum absolute atomic E-state index is 0.769. The SMILES string of the molecule is NCCCCn1ccc2cc(Cl)ccc21. The molecule has 3 heteroatoms. The zero-order valence-corrected chi connectivity index (χ0v) is 9.37. The zero-order chi connectivity index (χ0) is 10.7. The Morgan fingerprint density at radius 2 is 2.07 bits per heavy atom. The third-order valence-electron chi connectivity index (χ3n) is 2.59. The predicted molar refractivity (Wildman–Crippen MR) is 65.2 cm³/mol. The molecule has 0 aliphatic carbocycles. The lowest BCUT2D eigenvalue weighted by atomic mass is 10.2. The first-order chi connectivity index (χ1) is 7.31. The molecule has 0 fully saturated rings. The van der Waals surface area contributed by atoms with Crippen molar-refractivity contribution in [3.63, 3.8) is 0 Å². The number of aryl methyl sites for hydroxylation is 1. The number of rotatable bonds is 4. The molecule has 1 aromatic heterocycles. The highest BCUT2D eigenvalue weighted by atomic mass is 35.5. The van der Waals surface area contributed by atoms with Crippen molar-refractivity contribution in [1.82, 2.24) is 4.57 Å². The molecular formula is C12H15ClN2. The van der Waals surface area contributed by atoms with Gasteiger partial charge in [-0.3, -0.25) is 0 Å². The molecule has 0 radical (unpaired) electrons. The Kier molecular flexibility index (Phi) is 3.29. The number of benzene rings is 1. The summed E-state index contributed by atoms with van der Waals surface area (Å²) in [6.45, 7) is 1.80. The fraction of sp³-hybridized carbons (Fsp3) is 0.333. The second-order valence-electron chi connectivity index (χ2n) is 3.71. The molecule has 1 aromatic carbocycles. The van der Waals surface area contributed by atoms with E-state index in [2.05, 4.69) is 22.9 Å². The van der Waals surface area contributed by atoms with E-state index in [0.29, 0.717) is 0 Å². The standard InChI is InChI=1S/C12H15ClN2/c13-11-3-4-12-10(9-11)5-8-15(12)7-2-1-6-14/h3-5,8-9H,1-2,6-7,14H2. The van der Waals surface area contributed by atoms with Gasteiger partial charge in [-0.1, -0.05) is 11.6 Å². The molecule has 0 saturated carbocycles. The van der Waals surface area contributed by atoms with Crippen LogP contribution in [0, 0.1) is 0 Å². The molecule has 0 atom stereocenters. The van der Waals surface area contributed by atoms with E-state index in [1.54, 1.807) is 0 Å². The maximum absolute atomic E-state index is 5.93. The molecule has 0 spiro atoms. The van der Waals surface area contributed by atoms with Crippen LogP contribution < -0.4 is 5.73 Å². The van der Waals surface area contributed by atoms with Gasteiger partial charge >= 0.3 is 0 Å². The molecule has 1 heterocycles. The van der Waals surface area contributed by atoms with E-state index in [9.17, 15) is 0 Å². The molecule has 2 N–H and O–H groups in total. The second kappa shape index (κ2) is 4.69. The van der Waals surface area contributed by atoms with Gasteiger partial charge in [0.1, 0.15) is 0 Å². The van der Waals surface area contributed by atoms with Gasteiger partial charge in [0.25, 0.3) is 0 Å². The summed E-state index contributed by atoms with van der Waals surface area (Å²) in [5, 5.41) is 2.00. The van der Waals surface area contributed by atoms with E-state index in [4.69, 9.17) is 17.3 Å². The quantitative estimate of drug-likeness (QED) is 0.793. The van der Waals surface area contributed by atoms with E-state index in [0.717, 1.165) is 31.0 Å². The summed E-state index contributed by atoms with van der Waals surface area (Å²) in [5.74, 6) is 0. The number of hydrogen-bond donors (Lipinski definition) is 1. The van der Waals surface area contributed by atoms with E-state index in [-0.39, 0.29) is 0 Å². The Labute approximate surface area is 94.6 Å². The molecular weight excluding hydrogens is 208 g/mol. The van der Waals surface area contributed by atoms with Gasteiger partial charge in [0.15, 0.2) is 0 Å². The Morgan fingerprint density at radius 3 is 2.87 bits per heavy atom. The summed E-state index contributed by atoms with van der Waals surface area (Å²) in [6, 6.07) is 8.10. The van der Waals surface area contributed by atoms with Crippen LogP contribution in [-0.4, -0.2) is 11.1 Å². The van der Waals surface area contributed by atoms with E-state index < -0.39 is 0 Å². The normalized spacial score (nSPS) is 11.1. The summed E-state index contributed by atoms with van der Waals surface area (Å²) in [6.07, 6.45) is 4.31. The van der Waals surface area contributed by atoms with Gasteiger partial charge < -0.3 is 10.3 Å². The Balaban J connectivity index is 2.21. The van der Waals surface area contributed by atoms with Crippen molar-refractivity contribution in [1.29, 1.82) is 0 Å².